The van der Waals surface area contributed by atoms with Crippen LogP contribution >= 0.6 is 0 Å². The topological polar surface area (TPSA) is 101 Å². The molecule has 1 aliphatic rings. The first-order valence-electron chi connectivity index (χ1n) is 8.75. The Morgan fingerprint density at radius 2 is 2.04 bits per heavy atom. The molecule has 0 aliphatic carbocycles. The summed E-state index contributed by atoms with van der Waals surface area (Å²) in [5.74, 6) is -0.752. The van der Waals surface area contributed by atoms with Crippen LogP contribution in [0.3, 0.4) is 0 Å². The number of carbonyl (C=O) groups is 2. The molecule has 3 rings (SSSR count). The van der Waals surface area contributed by atoms with E-state index in [0.29, 0.717) is 25.3 Å². The molecule has 140 valence electrons. The molecule has 3 heterocycles. The smallest absolute Gasteiger partial charge is 0.273 e. The Labute approximate surface area is 151 Å². The molecule has 0 atom stereocenters. The maximum absolute atomic E-state index is 12.6. The van der Waals surface area contributed by atoms with Crippen LogP contribution in [-0.4, -0.2) is 52.9 Å². The van der Waals surface area contributed by atoms with Gasteiger partial charge in [-0.25, -0.2) is 9.67 Å². The zero-order chi connectivity index (χ0) is 18.7. The molecule has 0 saturated carbocycles. The van der Waals surface area contributed by atoms with Gasteiger partial charge in [-0.05, 0) is 19.8 Å². The number of nitrogens with one attached hydrogen (secondary N) is 2. The van der Waals surface area contributed by atoms with Crippen LogP contribution in [0, 0.1) is 0 Å². The van der Waals surface area contributed by atoms with E-state index in [4.69, 9.17) is 4.74 Å². The van der Waals surface area contributed by atoms with Gasteiger partial charge >= 0.3 is 0 Å². The summed E-state index contributed by atoms with van der Waals surface area (Å²) in [6.45, 7) is 5.42. The van der Waals surface area contributed by atoms with Gasteiger partial charge in [0.05, 0.1) is 22.8 Å². The number of amides is 2. The van der Waals surface area contributed by atoms with Gasteiger partial charge < -0.3 is 9.64 Å². The number of nitrogens with zero attached hydrogens (tertiary/aromatic N) is 4. The minimum Gasteiger partial charge on any atom is -0.381 e. The molecular weight excluding hydrogens is 336 g/mol. The lowest BCUT2D eigenvalue weighted by atomic mass is 10.0. The van der Waals surface area contributed by atoms with Gasteiger partial charge in [0.15, 0.2) is 5.65 Å². The van der Waals surface area contributed by atoms with Crippen molar-refractivity contribution >= 4 is 28.5 Å². The fourth-order valence-corrected chi connectivity index (χ4v) is 3.26. The van der Waals surface area contributed by atoms with Crippen molar-refractivity contribution in [1.82, 2.24) is 25.6 Å². The van der Waals surface area contributed by atoms with Crippen molar-refractivity contribution < 1.29 is 14.3 Å². The van der Waals surface area contributed by atoms with Crippen LogP contribution in [0.25, 0.3) is 11.0 Å². The lowest BCUT2D eigenvalue weighted by molar-refractivity contribution is -0.119. The molecule has 2 aromatic heterocycles. The SMILES string of the molecule is CCn1ncc2c(N(C)C3CCOCC3)c(C(=O)NNC(C)=O)cnc21. The van der Waals surface area contributed by atoms with E-state index in [-0.39, 0.29) is 11.9 Å². The van der Waals surface area contributed by atoms with Gasteiger partial charge in [0.2, 0.25) is 5.91 Å². The van der Waals surface area contributed by atoms with Crippen molar-refractivity contribution in [1.29, 1.82) is 0 Å². The fraction of sp³-hybridized carbons (Fsp3) is 0.529. The number of hydrogen-bond donors (Lipinski definition) is 2. The fourth-order valence-electron chi connectivity index (χ4n) is 3.26. The molecule has 0 radical (unpaired) electrons. The Bertz CT molecular complexity index is 812. The lowest BCUT2D eigenvalue weighted by Crippen LogP contribution is -2.42. The van der Waals surface area contributed by atoms with Gasteiger partial charge in [0.1, 0.15) is 0 Å². The first kappa shape index (κ1) is 18.1. The standard InChI is InChI=1S/C17H24N6O3/c1-4-23-16-13(10-19-23)15(22(3)12-5-7-26-8-6-12)14(9-18-16)17(25)21-20-11(2)24/h9-10,12H,4-8H2,1-3H3,(H,20,24)(H,21,25). The molecule has 0 aromatic carbocycles. The number of pyridine rings is 1. The Hall–Kier alpha value is -2.68. The molecule has 1 fully saturated rings. The molecular formula is C17H24N6O3. The molecule has 26 heavy (non-hydrogen) atoms. The molecule has 0 bridgehead atoms. The van der Waals surface area contributed by atoms with E-state index in [2.05, 4.69) is 25.8 Å². The summed E-state index contributed by atoms with van der Waals surface area (Å²) in [7, 11) is 1.98. The number of aryl methyl sites for hydroxylation is 1. The summed E-state index contributed by atoms with van der Waals surface area (Å²) >= 11 is 0. The highest BCUT2D eigenvalue weighted by Crippen LogP contribution is 2.32. The van der Waals surface area contributed by atoms with Gasteiger partial charge in [0, 0.05) is 46.0 Å². The van der Waals surface area contributed by atoms with E-state index in [0.717, 1.165) is 29.6 Å². The van der Waals surface area contributed by atoms with Crippen molar-refractivity contribution in [3.63, 3.8) is 0 Å². The van der Waals surface area contributed by atoms with Crippen LogP contribution in [0.5, 0.6) is 0 Å². The van der Waals surface area contributed by atoms with Gasteiger partial charge in [-0.15, -0.1) is 0 Å². The van der Waals surface area contributed by atoms with Crippen LogP contribution in [0.15, 0.2) is 12.4 Å². The summed E-state index contributed by atoms with van der Waals surface area (Å²) in [5, 5.41) is 5.19. The molecule has 2 N–H and O–H groups in total. The third kappa shape index (κ3) is 3.48. The molecule has 1 aliphatic heterocycles. The van der Waals surface area contributed by atoms with E-state index in [1.807, 2.05) is 14.0 Å². The second-order valence-corrected chi connectivity index (χ2v) is 6.31. The van der Waals surface area contributed by atoms with Crippen LogP contribution in [0.1, 0.15) is 37.0 Å². The highest BCUT2D eigenvalue weighted by atomic mass is 16.5. The second kappa shape index (κ2) is 7.69. The second-order valence-electron chi connectivity index (χ2n) is 6.31. The number of rotatable bonds is 4. The first-order valence-corrected chi connectivity index (χ1v) is 8.75. The number of hydrazine groups is 1. The third-order valence-electron chi connectivity index (χ3n) is 4.63. The van der Waals surface area contributed by atoms with Crippen LogP contribution < -0.4 is 15.8 Å². The number of fused-ring (bicyclic) bond motifs is 1. The lowest BCUT2D eigenvalue weighted by Gasteiger charge is -2.34. The summed E-state index contributed by atoms with van der Waals surface area (Å²) in [6.07, 6.45) is 5.05. The molecule has 2 amide bonds. The van der Waals surface area contributed by atoms with Crippen LogP contribution in [0.4, 0.5) is 5.69 Å². The molecule has 0 spiro atoms. The van der Waals surface area contributed by atoms with Crippen molar-refractivity contribution in [3.8, 4) is 0 Å². The minimum atomic E-state index is -0.409. The number of hydrogen-bond acceptors (Lipinski definition) is 6. The molecule has 0 unspecified atom stereocenters. The first-order chi connectivity index (χ1) is 12.5. The predicted molar refractivity (Wildman–Crippen MR) is 96.7 cm³/mol. The third-order valence-corrected chi connectivity index (χ3v) is 4.63. The molecule has 9 heteroatoms. The van der Waals surface area contributed by atoms with E-state index < -0.39 is 5.91 Å². The van der Waals surface area contributed by atoms with Gasteiger partial charge in [-0.3, -0.25) is 20.4 Å². The van der Waals surface area contributed by atoms with Crippen molar-refractivity contribution in [2.45, 2.75) is 39.3 Å². The monoisotopic (exact) mass is 360 g/mol. The average molecular weight is 360 g/mol. The van der Waals surface area contributed by atoms with Gasteiger partial charge in [0.25, 0.3) is 5.91 Å². The van der Waals surface area contributed by atoms with E-state index >= 15 is 0 Å². The number of ether oxygens (including phenoxy) is 1. The van der Waals surface area contributed by atoms with Crippen molar-refractivity contribution in [2.24, 2.45) is 0 Å². The predicted octanol–water partition coefficient (Wildman–Crippen LogP) is 0.847. The number of aromatic nitrogens is 3. The Kier molecular flexibility index (Phi) is 5.36. The van der Waals surface area contributed by atoms with E-state index in [1.165, 1.54) is 6.92 Å². The van der Waals surface area contributed by atoms with E-state index in [1.54, 1.807) is 17.1 Å². The number of anilines is 1. The Morgan fingerprint density at radius 3 is 2.69 bits per heavy atom. The summed E-state index contributed by atoms with van der Waals surface area (Å²) < 4.78 is 7.25. The Morgan fingerprint density at radius 1 is 1.31 bits per heavy atom. The Balaban J connectivity index is 2.05. The van der Waals surface area contributed by atoms with Gasteiger partial charge in [-0.2, -0.15) is 5.10 Å². The maximum atomic E-state index is 12.6. The average Bonchev–Trinajstić information content (AvgIpc) is 3.08. The van der Waals surface area contributed by atoms with E-state index in [9.17, 15) is 9.59 Å². The normalized spacial score (nSPS) is 15.0. The highest BCUT2D eigenvalue weighted by Gasteiger charge is 2.26. The van der Waals surface area contributed by atoms with Crippen LogP contribution in [0.2, 0.25) is 0 Å². The zero-order valence-corrected chi connectivity index (χ0v) is 15.3. The summed E-state index contributed by atoms with van der Waals surface area (Å²) in [6, 6.07) is 0.256. The highest BCUT2D eigenvalue weighted by molar-refractivity contribution is 6.07. The summed E-state index contributed by atoms with van der Waals surface area (Å²) in [4.78, 5) is 30.3. The van der Waals surface area contributed by atoms with Crippen molar-refractivity contribution in [3.05, 3.63) is 18.0 Å². The summed E-state index contributed by atoms with van der Waals surface area (Å²) in [5.41, 5.74) is 6.65. The minimum absolute atomic E-state index is 0.256. The zero-order valence-electron chi connectivity index (χ0n) is 15.3. The largest absolute Gasteiger partial charge is 0.381 e. The van der Waals surface area contributed by atoms with Crippen LogP contribution in [-0.2, 0) is 16.1 Å². The maximum Gasteiger partial charge on any atom is 0.273 e. The molecule has 9 nitrogen and oxygen atoms in total. The molecule has 2 aromatic rings. The van der Waals surface area contributed by atoms with Crippen molar-refractivity contribution in [2.75, 3.05) is 25.2 Å². The molecule has 1 saturated heterocycles. The van der Waals surface area contributed by atoms with Gasteiger partial charge in [-0.1, -0.05) is 0 Å². The number of carbonyl (C=O) groups excluding carboxylic acids is 2. The quantitative estimate of drug-likeness (QED) is 0.784.